The van der Waals surface area contributed by atoms with E-state index in [4.69, 9.17) is 9.47 Å². The van der Waals surface area contributed by atoms with E-state index < -0.39 is 18.5 Å². The summed E-state index contributed by atoms with van der Waals surface area (Å²) >= 11 is 1.20. The van der Waals surface area contributed by atoms with Gasteiger partial charge in [0.2, 0.25) is 0 Å². The highest BCUT2D eigenvalue weighted by molar-refractivity contribution is 7.20. The number of halogens is 1. The van der Waals surface area contributed by atoms with Crippen LogP contribution in [0.25, 0.3) is 15.9 Å². The van der Waals surface area contributed by atoms with E-state index in [2.05, 4.69) is 5.10 Å². The predicted octanol–water partition coefficient (Wildman–Crippen LogP) is 3.64. The molecular formula is C18H17FN2O4S. The monoisotopic (exact) mass is 376 g/mol. The number of aryl methyl sites for hydroxylation is 1. The summed E-state index contributed by atoms with van der Waals surface area (Å²) in [6, 6.07) is 7.60. The summed E-state index contributed by atoms with van der Waals surface area (Å²) in [5, 5.41) is 5.24. The fourth-order valence-electron chi connectivity index (χ4n) is 2.40. The number of esters is 2. The zero-order valence-corrected chi connectivity index (χ0v) is 15.3. The van der Waals surface area contributed by atoms with Gasteiger partial charge in [-0.1, -0.05) is 0 Å². The molecule has 1 aromatic carbocycles. The number of rotatable bonds is 5. The first-order valence-electron chi connectivity index (χ1n) is 7.97. The van der Waals surface area contributed by atoms with Crippen LogP contribution in [0.5, 0.6) is 0 Å². The standard InChI is InChI=1S/C18H17FN2O4S/c1-10(2)25-16(22)9-24-18(23)15-8-14-11(3)20-21(17(14)26-15)13-6-4-12(19)5-7-13/h4-8,10H,9H2,1-3H3. The highest BCUT2D eigenvalue weighted by atomic mass is 32.1. The number of benzene rings is 1. The molecule has 0 unspecified atom stereocenters. The molecule has 0 radical (unpaired) electrons. The van der Waals surface area contributed by atoms with Crippen molar-refractivity contribution in [2.24, 2.45) is 0 Å². The largest absolute Gasteiger partial charge is 0.460 e. The zero-order valence-electron chi connectivity index (χ0n) is 14.5. The Morgan fingerprint density at radius 3 is 2.62 bits per heavy atom. The van der Waals surface area contributed by atoms with Crippen molar-refractivity contribution in [2.75, 3.05) is 6.61 Å². The van der Waals surface area contributed by atoms with Gasteiger partial charge < -0.3 is 9.47 Å². The first-order chi connectivity index (χ1) is 12.3. The first-order valence-corrected chi connectivity index (χ1v) is 8.78. The van der Waals surface area contributed by atoms with Crippen LogP contribution in [0.4, 0.5) is 4.39 Å². The second kappa shape index (κ2) is 7.25. The van der Waals surface area contributed by atoms with E-state index in [1.54, 1.807) is 36.7 Å². The Balaban J connectivity index is 1.83. The lowest BCUT2D eigenvalue weighted by Crippen LogP contribution is -2.19. The Morgan fingerprint density at radius 2 is 1.96 bits per heavy atom. The third-order valence-electron chi connectivity index (χ3n) is 3.51. The van der Waals surface area contributed by atoms with Crippen molar-refractivity contribution in [1.82, 2.24) is 9.78 Å². The Hall–Kier alpha value is -2.74. The molecule has 0 N–H and O–H groups in total. The maximum absolute atomic E-state index is 13.1. The number of carbonyl (C=O) groups is 2. The van der Waals surface area contributed by atoms with Crippen LogP contribution >= 0.6 is 11.3 Å². The summed E-state index contributed by atoms with van der Waals surface area (Å²) in [6.45, 7) is 4.82. The minimum atomic E-state index is -0.600. The van der Waals surface area contributed by atoms with Gasteiger partial charge in [0.1, 0.15) is 15.5 Å². The summed E-state index contributed by atoms with van der Waals surface area (Å²) < 4.78 is 24.7. The molecule has 0 aliphatic carbocycles. The average Bonchev–Trinajstić information content (AvgIpc) is 3.14. The fraction of sp³-hybridized carbons (Fsp3) is 0.278. The SMILES string of the molecule is Cc1nn(-c2ccc(F)cc2)c2sc(C(=O)OCC(=O)OC(C)C)cc12. The maximum Gasteiger partial charge on any atom is 0.348 e. The second-order valence-corrected chi connectivity index (χ2v) is 6.95. The number of thiophene rings is 1. The molecule has 2 aromatic heterocycles. The molecule has 0 atom stereocenters. The minimum Gasteiger partial charge on any atom is -0.460 e. The third kappa shape index (κ3) is 3.75. The molecule has 2 heterocycles. The molecule has 3 rings (SSSR count). The van der Waals surface area contributed by atoms with Gasteiger partial charge in [0.15, 0.2) is 6.61 Å². The predicted molar refractivity (Wildman–Crippen MR) is 95.2 cm³/mol. The molecule has 0 fully saturated rings. The van der Waals surface area contributed by atoms with Gasteiger partial charge >= 0.3 is 11.9 Å². The van der Waals surface area contributed by atoms with Crippen LogP contribution in [0.2, 0.25) is 0 Å². The molecule has 6 nitrogen and oxygen atoms in total. The summed E-state index contributed by atoms with van der Waals surface area (Å²) in [5.74, 6) is -1.53. The Morgan fingerprint density at radius 1 is 1.27 bits per heavy atom. The van der Waals surface area contributed by atoms with Gasteiger partial charge in [-0.25, -0.2) is 18.7 Å². The molecule has 26 heavy (non-hydrogen) atoms. The molecule has 3 aromatic rings. The van der Waals surface area contributed by atoms with Crippen LogP contribution in [0.15, 0.2) is 30.3 Å². The first kappa shape index (κ1) is 18.1. The van der Waals surface area contributed by atoms with Gasteiger partial charge in [-0.05, 0) is 51.1 Å². The second-order valence-electron chi connectivity index (χ2n) is 5.92. The van der Waals surface area contributed by atoms with Crippen LogP contribution in [-0.2, 0) is 14.3 Å². The molecule has 0 aliphatic heterocycles. The van der Waals surface area contributed by atoms with E-state index in [1.807, 2.05) is 6.92 Å². The summed E-state index contributed by atoms with van der Waals surface area (Å²) in [7, 11) is 0. The number of aromatic nitrogens is 2. The highest BCUT2D eigenvalue weighted by Crippen LogP contribution is 2.30. The van der Waals surface area contributed by atoms with Crippen molar-refractivity contribution in [1.29, 1.82) is 0 Å². The topological polar surface area (TPSA) is 70.4 Å². The lowest BCUT2D eigenvalue weighted by molar-refractivity contribution is -0.150. The number of hydrogen-bond acceptors (Lipinski definition) is 6. The van der Waals surface area contributed by atoms with Crippen LogP contribution in [0.3, 0.4) is 0 Å². The average molecular weight is 376 g/mol. The Bertz CT molecular complexity index is 960. The number of nitrogens with zero attached hydrogens (tertiary/aromatic N) is 2. The van der Waals surface area contributed by atoms with E-state index in [0.717, 1.165) is 15.9 Å². The minimum absolute atomic E-state index is 0.269. The van der Waals surface area contributed by atoms with E-state index in [-0.39, 0.29) is 11.9 Å². The van der Waals surface area contributed by atoms with E-state index in [9.17, 15) is 14.0 Å². The van der Waals surface area contributed by atoms with Crippen molar-refractivity contribution in [3.63, 3.8) is 0 Å². The normalized spacial score (nSPS) is 11.1. The van der Waals surface area contributed by atoms with Crippen LogP contribution in [0, 0.1) is 12.7 Å². The van der Waals surface area contributed by atoms with Crippen molar-refractivity contribution in [3.8, 4) is 5.69 Å². The molecule has 0 aliphatic rings. The quantitative estimate of drug-likeness (QED) is 0.636. The van der Waals surface area contributed by atoms with Crippen molar-refractivity contribution in [3.05, 3.63) is 46.7 Å². The van der Waals surface area contributed by atoms with E-state index in [0.29, 0.717) is 10.6 Å². The van der Waals surface area contributed by atoms with Crippen molar-refractivity contribution in [2.45, 2.75) is 26.9 Å². The van der Waals surface area contributed by atoms with Gasteiger partial charge in [0.05, 0.1) is 17.5 Å². The lowest BCUT2D eigenvalue weighted by atomic mass is 10.3. The molecule has 0 saturated carbocycles. The zero-order chi connectivity index (χ0) is 18.8. The Labute approximate surface area is 153 Å². The van der Waals surface area contributed by atoms with Gasteiger partial charge in [-0.2, -0.15) is 5.10 Å². The van der Waals surface area contributed by atoms with Crippen LogP contribution in [-0.4, -0.2) is 34.4 Å². The van der Waals surface area contributed by atoms with Gasteiger partial charge in [0.25, 0.3) is 0 Å². The van der Waals surface area contributed by atoms with Crippen molar-refractivity contribution < 1.29 is 23.5 Å². The molecule has 0 spiro atoms. The van der Waals surface area contributed by atoms with E-state index in [1.165, 1.54) is 23.5 Å². The summed E-state index contributed by atoms with van der Waals surface area (Å²) in [4.78, 5) is 24.8. The third-order valence-corrected chi connectivity index (χ3v) is 4.60. The maximum atomic E-state index is 13.1. The number of hydrogen-bond donors (Lipinski definition) is 0. The molecule has 0 saturated heterocycles. The summed E-state index contributed by atoms with van der Waals surface area (Å²) in [5.41, 5.74) is 1.42. The molecule has 136 valence electrons. The fourth-order valence-corrected chi connectivity index (χ4v) is 3.47. The summed E-state index contributed by atoms with van der Waals surface area (Å²) in [6.07, 6.45) is -0.269. The van der Waals surface area contributed by atoms with Gasteiger partial charge in [-0.3, -0.25) is 0 Å². The van der Waals surface area contributed by atoms with Gasteiger partial charge in [0, 0.05) is 5.39 Å². The number of ether oxygens (including phenoxy) is 2. The van der Waals surface area contributed by atoms with Crippen LogP contribution in [0.1, 0.15) is 29.2 Å². The number of carbonyl (C=O) groups excluding carboxylic acids is 2. The van der Waals surface area contributed by atoms with Crippen LogP contribution < -0.4 is 0 Å². The van der Waals surface area contributed by atoms with Gasteiger partial charge in [-0.15, -0.1) is 11.3 Å². The molecular weight excluding hydrogens is 359 g/mol. The Kier molecular flexibility index (Phi) is 5.03. The molecule has 0 amide bonds. The number of fused-ring (bicyclic) bond motifs is 1. The smallest absolute Gasteiger partial charge is 0.348 e. The van der Waals surface area contributed by atoms with E-state index >= 15 is 0 Å². The lowest BCUT2D eigenvalue weighted by Gasteiger charge is -2.07. The molecule has 8 heteroatoms. The van der Waals surface area contributed by atoms with Crippen molar-refractivity contribution >= 4 is 33.5 Å². The highest BCUT2D eigenvalue weighted by Gasteiger charge is 2.19. The molecule has 0 bridgehead atoms.